The van der Waals surface area contributed by atoms with Gasteiger partial charge in [0.25, 0.3) is 0 Å². The largest absolute Gasteiger partial charge is 0.497 e. The standard InChI is InChI=1S/C11H11FO2/c1-14-7-2-4-10(12)9(6-7)8-3-5-11(8)13/h2,4,6,8H,3,5H2,1H3. The molecule has 1 atom stereocenters. The summed E-state index contributed by atoms with van der Waals surface area (Å²) >= 11 is 0. The van der Waals surface area contributed by atoms with Gasteiger partial charge in [0.2, 0.25) is 0 Å². The van der Waals surface area contributed by atoms with E-state index in [1.54, 1.807) is 12.1 Å². The number of hydrogen-bond acceptors (Lipinski definition) is 2. The van der Waals surface area contributed by atoms with Crippen LogP contribution in [0.5, 0.6) is 5.75 Å². The van der Waals surface area contributed by atoms with Crippen LogP contribution in [0.15, 0.2) is 18.2 Å². The first-order chi connectivity index (χ1) is 6.72. The molecule has 0 saturated heterocycles. The van der Waals surface area contributed by atoms with Crippen LogP contribution in [0.4, 0.5) is 4.39 Å². The Labute approximate surface area is 81.7 Å². The number of ketones is 1. The van der Waals surface area contributed by atoms with Gasteiger partial charge < -0.3 is 4.74 Å². The van der Waals surface area contributed by atoms with Crippen LogP contribution in [0.2, 0.25) is 0 Å². The molecule has 1 aromatic carbocycles. The highest BCUT2D eigenvalue weighted by Gasteiger charge is 2.31. The maximum atomic E-state index is 13.3. The number of ether oxygens (including phenoxy) is 1. The van der Waals surface area contributed by atoms with E-state index in [1.807, 2.05) is 0 Å². The quantitative estimate of drug-likeness (QED) is 0.722. The zero-order valence-electron chi connectivity index (χ0n) is 7.92. The van der Waals surface area contributed by atoms with Crippen molar-refractivity contribution >= 4 is 5.78 Å². The minimum atomic E-state index is -0.316. The summed E-state index contributed by atoms with van der Waals surface area (Å²) in [6, 6.07) is 4.51. The van der Waals surface area contributed by atoms with E-state index in [0.717, 1.165) is 6.42 Å². The maximum Gasteiger partial charge on any atom is 0.140 e. The second kappa shape index (κ2) is 3.40. The van der Waals surface area contributed by atoms with Crippen molar-refractivity contribution in [2.45, 2.75) is 18.8 Å². The van der Waals surface area contributed by atoms with Crippen LogP contribution in [0, 0.1) is 5.82 Å². The van der Waals surface area contributed by atoms with Gasteiger partial charge in [0.1, 0.15) is 17.3 Å². The fraction of sp³-hybridized carbons (Fsp3) is 0.364. The smallest absolute Gasteiger partial charge is 0.140 e. The Hall–Kier alpha value is -1.38. The first kappa shape index (κ1) is 9.19. The molecule has 0 amide bonds. The Balaban J connectivity index is 2.35. The molecule has 14 heavy (non-hydrogen) atoms. The van der Waals surface area contributed by atoms with Crippen LogP contribution in [0.1, 0.15) is 24.3 Å². The van der Waals surface area contributed by atoms with E-state index in [4.69, 9.17) is 4.74 Å². The molecule has 1 unspecified atom stereocenters. The van der Waals surface area contributed by atoms with Crippen LogP contribution in [0.25, 0.3) is 0 Å². The van der Waals surface area contributed by atoms with Crippen LogP contribution < -0.4 is 4.74 Å². The average molecular weight is 194 g/mol. The van der Waals surface area contributed by atoms with Gasteiger partial charge >= 0.3 is 0 Å². The Morgan fingerprint density at radius 2 is 2.29 bits per heavy atom. The molecule has 0 N–H and O–H groups in total. The molecule has 0 bridgehead atoms. The number of hydrogen-bond donors (Lipinski definition) is 0. The second-order valence-corrected chi connectivity index (χ2v) is 3.45. The van der Waals surface area contributed by atoms with E-state index in [-0.39, 0.29) is 17.5 Å². The molecule has 1 saturated carbocycles. The summed E-state index contributed by atoms with van der Waals surface area (Å²) in [4.78, 5) is 11.2. The summed E-state index contributed by atoms with van der Waals surface area (Å²) in [6.45, 7) is 0. The summed E-state index contributed by atoms with van der Waals surface area (Å²) in [6.07, 6.45) is 1.32. The third kappa shape index (κ3) is 1.39. The van der Waals surface area contributed by atoms with Crippen molar-refractivity contribution < 1.29 is 13.9 Å². The van der Waals surface area contributed by atoms with E-state index in [2.05, 4.69) is 0 Å². The molecular formula is C11H11FO2. The molecule has 0 aliphatic heterocycles. The van der Waals surface area contributed by atoms with Gasteiger partial charge in [-0.05, 0) is 24.6 Å². The molecule has 1 aliphatic carbocycles. The predicted molar refractivity (Wildman–Crippen MR) is 49.9 cm³/mol. The summed E-state index contributed by atoms with van der Waals surface area (Å²) in [5.74, 6) is 0.159. The Kier molecular flexibility index (Phi) is 2.23. The zero-order chi connectivity index (χ0) is 10.1. The zero-order valence-corrected chi connectivity index (χ0v) is 7.92. The van der Waals surface area contributed by atoms with E-state index < -0.39 is 0 Å². The minimum absolute atomic E-state index is 0.122. The fourth-order valence-corrected chi connectivity index (χ4v) is 1.65. The third-order valence-corrected chi connectivity index (χ3v) is 2.65. The van der Waals surface area contributed by atoms with Gasteiger partial charge in [0.05, 0.1) is 7.11 Å². The number of rotatable bonds is 2. The SMILES string of the molecule is COc1ccc(F)c(C2CCC2=O)c1. The van der Waals surface area contributed by atoms with Gasteiger partial charge in [0.15, 0.2) is 0 Å². The van der Waals surface area contributed by atoms with E-state index in [9.17, 15) is 9.18 Å². The van der Waals surface area contributed by atoms with Crippen molar-refractivity contribution in [3.05, 3.63) is 29.6 Å². The second-order valence-electron chi connectivity index (χ2n) is 3.45. The lowest BCUT2D eigenvalue weighted by atomic mass is 9.78. The number of carbonyl (C=O) groups excluding carboxylic acids is 1. The molecule has 1 aromatic rings. The van der Waals surface area contributed by atoms with Gasteiger partial charge in [-0.3, -0.25) is 4.79 Å². The number of halogens is 1. The monoisotopic (exact) mass is 194 g/mol. The number of Topliss-reactive ketones (excluding diaryl/α,β-unsaturated/α-hetero) is 1. The molecule has 1 fully saturated rings. The Morgan fingerprint density at radius 1 is 1.50 bits per heavy atom. The molecular weight excluding hydrogens is 183 g/mol. The van der Waals surface area contributed by atoms with Gasteiger partial charge in [-0.2, -0.15) is 0 Å². The van der Waals surface area contributed by atoms with Crippen LogP contribution in [0.3, 0.4) is 0 Å². The van der Waals surface area contributed by atoms with Crippen molar-refractivity contribution in [1.82, 2.24) is 0 Å². The lowest BCUT2D eigenvalue weighted by Crippen LogP contribution is -2.24. The van der Waals surface area contributed by atoms with Gasteiger partial charge in [-0.15, -0.1) is 0 Å². The molecule has 0 aromatic heterocycles. The lowest BCUT2D eigenvalue weighted by molar-refractivity contribution is -0.125. The molecule has 0 radical (unpaired) electrons. The molecule has 0 heterocycles. The van der Waals surface area contributed by atoms with E-state index in [0.29, 0.717) is 17.7 Å². The van der Waals surface area contributed by atoms with Crippen molar-refractivity contribution in [2.75, 3.05) is 7.11 Å². The molecule has 0 spiro atoms. The molecule has 2 nitrogen and oxygen atoms in total. The van der Waals surface area contributed by atoms with Crippen molar-refractivity contribution in [3.63, 3.8) is 0 Å². The molecule has 1 aliphatic rings. The third-order valence-electron chi connectivity index (χ3n) is 2.65. The molecule has 74 valence electrons. The lowest BCUT2D eigenvalue weighted by Gasteiger charge is -2.24. The predicted octanol–water partition coefficient (Wildman–Crippen LogP) is 2.28. The van der Waals surface area contributed by atoms with Crippen molar-refractivity contribution in [3.8, 4) is 5.75 Å². The van der Waals surface area contributed by atoms with Gasteiger partial charge in [-0.25, -0.2) is 4.39 Å². The Morgan fingerprint density at radius 3 is 2.79 bits per heavy atom. The fourth-order valence-electron chi connectivity index (χ4n) is 1.65. The summed E-state index contributed by atoms with van der Waals surface area (Å²) in [5, 5.41) is 0. The number of methoxy groups -OCH3 is 1. The topological polar surface area (TPSA) is 26.3 Å². The van der Waals surface area contributed by atoms with Crippen molar-refractivity contribution in [1.29, 1.82) is 0 Å². The molecule has 2 rings (SSSR count). The summed E-state index contributed by atoms with van der Waals surface area (Å²) in [5.41, 5.74) is 0.473. The van der Waals surface area contributed by atoms with Gasteiger partial charge in [0, 0.05) is 17.9 Å². The summed E-state index contributed by atoms with van der Waals surface area (Å²) in [7, 11) is 1.53. The van der Waals surface area contributed by atoms with Crippen molar-refractivity contribution in [2.24, 2.45) is 0 Å². The highest BCUT2D eigenvalue weighted by atomic mass is 19.1. The number of benzene rings is 1. The number of carbonyl (C=O) groups is 1. The minimum Gasteiger partial charge on any atom is -0.497 e. The first-order valence-electron chi connectivity index (χ1n) is 4.58. The normalized spacial score (nSPS) is 20.4. The van der Waals surface area contributed by atoms with Crippen LogP contribution in [-0.2, 0) is 4.79 Å². The van der Waals surface area contributed by atoms with E-state index in [1.165, 1.54) is 13.2 Å². The van der Waals surface area contributed by atoms with Gasteiger partial charge in [-0.1, -0.05) is 0 Å². The first-order valence-corrected chi connectivity index (χ1v) is 4.58. The highest BCUT2D eigenvalue weighted by molar-refractivity contribution is 5.91. The maximum absolute atomic E-state index is 13.3. The summed E-state index contributed by atoms with van der Waals surface area (Å²) < 4.78 is 18.3. The van der Waals surface area contributed by atoms with Crippen LogP contribution in [-0.4, -0.2) is 12.9 Å². The van der Waals surface area contributed by atoms with E-state index >= 15 is 0 Å². The highest BCUT2D eigenvalue weighted by Crippen LogP contribution is 2.35. The average Bonchev–Trinajstić information content (AvgIpc) is 2.19. The Bertz CT molecular complexity index is 374. The van der Waals surface area contributed by atoms with Crippen LogP contribution >= 0.6 is 0 Å². The molecule has 3 heteroatoms.